The van der Waals surface area contributed by atoms with E-state index in [0.717, 1.165) is 12.0 Å². The number of carbonyl (C=O) groups excluding carboxylic acids is 4. The third kappa shape index (κ3) is 3.31. The van der Waals surface area contributed by atoms with Gasteiger partial charge < -0.3 is 28.6 Å². The summed E-state index contributed by atoms with van der Waals surface area (Å²) < 4.78 is 25.7. The lowest BCUT2D eigenvalue weighted by Gasteiger charge is -2.39. The Hall–Kier alpha value is -4.09. The van der Waals surface area contributed by atoms with Crippen molar-refractivity contribution in [2.45, 2.75) is 30.8 Å². The monoisotopic (exact) mass is 501 g/mol. The molecule has 0 radical (unpaired) electrons. The number of anilines is 1. The van der Waals surface area contributed by atoms with Crippen LogP contribution < -0.4 is 9.64 Å². The van der Waals surface area contributed by atoms with Crippen molar-refractivity contribution in [3.8, 4) is 5.75 Å². The van der Waals surface area contributed by atoms with Crippen molar-refractivity contribution in [2.24, 2.45) is 4.99 Å². The molecule has 2 unspecified atom stereocenters. The number of benzene rings is 1. The molecule has 36 heavy (non-hydrogen) atoms. The van der Waals surface area contributed by atoms with E-state index in [9.17, 15) is 19.2 Å². The molecule has 4 rings (SSSR count). The largest absolute Gasteiger partial charge is 0.497 e. The summed E-state index contributed by atoms with van der Waals surface area (Å²) in [5.41, 5.74) is -0.272. The number of ether oxygens (including phenoxy) is 5. The zero-order chi connectivity index (χ0) is 26.4. The van der Waals surface area contributed by atoms with E-state index in [-0.39, 0.29) is 30.1 Å². The van der Waals surface area contributed by atoms with Crippen molar-refractivity contribution >= 4 is 35.5 Å². The Bertz CT molecular complexity index is 1210. The van der Waals surface area contributed by atoms with Gasteiger partial charge in [0.05, 0.1) is 52.1 Å². The number of amides is 1. The first kappa shape index (κ1) is 25.0. The van der Waals surface area contributed by atoms with Gasteiger partial charge in [0.15, 0.2) is 5.70 Å². The Morgan fingerprint density at radius 3 is 2.33 bits per heavy atom. The highest BCUT2D eigenvalue weighted by atomic mass is 16.6. The quantitative estimate of drug-likeness (QED) is 0.428. The third-order valence-electron chi connectivity index (χ3n) is 6.84. The number of likely N-dealkylation sites (N-methyl/N-ethyl adjacent to an activating group) is 1. The molecule has 3 heterocycles. The van der Waals surface area contributed by atoms with Gasteiger partial charge in [-0.15, -0.1) is 0 Å². The number of carbonyl (C=O) groups is 4. The molecule has 1 spiro atoms. The summed E-state index contributed by atoms with van der Waals surface area (Å²) in [7, 11) is 6.81. The first-order valence-electron chi connectivity index (χ1n) is 11.2. The topological polar surface area (TPSA) is 133 Å². The Labute approximate surface area is 207 Å². The smallest absolute Gasteiger partial charge is 0.416 e. The summed E-state index contributed by atoms with van der Waals surface area (Å²) in [4.78, 5) is 59.6. The zero-order valence-electron chi connectivity index (χ0n) is 20.8. The number of rotatable bonds is 5. The molecule has 0 aliphatic carbocycles. The number of hydrogen-bond acceptors (Lipinski definition) is 11. The number of likely N-dealkylation sites (tertiary alicyclic amines) is 1. The highest BCUT2D eigenvalue weighted by molar-refractivity contribution is 6.16. The van der Waals surface area contributed by atoms with Gasteiger partial charge in [0.25, 0.3) is 0 Å². The van der Waals surface area contributed by atoms with Crippen molar-refractivity contribution in [1.29, 1.82) is 0 Å². The second kappa shape index (κ2) is 9.17. The van der Waals surface area contributed by atoms with Crippen molar-refractivity contribution in [3.63, 3.8) is 0 Å². The fourth-order valence-corrected chi connectivity index (χ4v) is 5.43. The molecule has 1 aromatic rings. The van der Waals surface area contributed by atoms with Crippen LogP contribution in [0.2, 0.25) is 0 Å². The predicted octanol–water partition coefficient (Wildman–Crippen LogP) is 1.17. The molecule has 12 heteroatoms. The molecule has 1 saturated heterocycles. The van der Waals surface area contributed by atoms with Gasteiger partial charge in [0.2, 0.25) is 0 Å². The van der Waals surface area contributed by atoms with Crippen LogP contribution in [0.3, 0.4) is 0 Å². The standard InChI is InChI=1S/C24H27N3O9/c1-7-36-23(31)27-15(19(28)33-4)11-24-13-10-12(32-3)8-9-14(13)26(2)18(24)16(20(29)34-5)17(21(30)35-6)25-22(24)27/h8-10,15,18H,7,11H2,1-6H3/t15?,18?,24-/m0/s1. The molecular weight excluding hydrogens is 474 g/mol. The van der Waals surface area contributed by atoms with Gasteiger partial charge in [0.1, 0.15) is 17.6 Å². The fourth-order valence-electron chi connectivity index (χ4n) is 5.43. The van der Waals surface area contributed by atoms with E-state index >= 15 is 0 Å². The van der Waals surface area contributed by atoms with Crippen LogP contribution >= 0.6 is 0 Å². The number of amidine groups is 1. The summed E-state index contributed by atoms with van der Waals surface area (Å²) in [6.07, 6.45) is -0.839. The first-order valence-corrected chi connectivity index (χ1v) is 11.2. The molecule has 0 aromatic heterocycles. The minimum Gasteiger partial charge on any atom is -0.497 e. The number of aliphatic imine (C=N–C) groups is 1. The highest BCUT2D eigenvalue weighted by Gasteiger charge is 2.67. The molecular formula is C24H27N3O9. The molecule has 192 valence electrons. The van der Waals surface area contributed by atoms with Crippen molar-refractivity contribution < 1.29 is 42.9 Å². The molecule has 3 aliphatic heterocycles. The van der Waals surface area contributed by atoms with Gasteiger partial charge in [-0.3, -0.25) is 0 Å². The minimum atomic E-state index is -1.23. The number of nitrogens with zero attached hydrogens (tertiary/aromatic N) is 3. The summed E-state index contributed by atoms with van der Waals surface area (Å²) in [5.74, 6) is -1.81. The van der Waals surface area contributed by atoms with Crippen LogP contribution in [-0.2, 0) is 38.7 Å². The zero-order valence-corrected chi connectivity index (χ0v) is 20.8. The average molecular weight is 501 g/mol. The van der Waals surface area contributed by atoms with E-state index in [1.807, 2.05) is 0 Å². The van der Waals surface area contributed by atoms with E-state index in [0.29, 0.717) is 17.0 Å². The summed E-state index contributed by atoms with van der Waals surface area (Å²) in [6, 6.07) is 3.30. The normalized spacial score (nSPS) is 23.8. The van der Waals surface area contributed by atoms with Crippen LogP contribution in [-0.4, -0.2) is 88.9 Å². The number of esters is 3. The molecule has 0 bridgehead atoms. The summed E-state index contributed by atoms with van der Waals surface area (Å²) in [5, 5.41) is 0. The van der Waals surface area contributed by atoms with Gasteiger partial charge in [-0.25, -0.2) is 29.1 Å². The minimum absolute atomic E-state index is 0.00143. The van der Waals surface area contributed by atoms with Gasteiger partial charge in [-0.05, 0) is 37.1 Å². The van der Waals surface area contributed by atoms with Crippen molar-refractivity contribution in [1.82, 2.24) is 4.90 Å². The van der Waals surface area contributed by atoms with Crippen molar-refractivity contribution in [3.05, 3.63) is 35.0 Å². The van der Waals surface area contributed by atoms with Gasteiger partial charge in [0, 0.05) is 12.7 Å². The SMILES string of the molecule is CCOC(=O)N1C2=NC(C(=O)OC)=C(C(=O)OC)C3N(C)c4ccc(OC)cc4[C@]23CC1C(=O)OC. The Kier molecular flexibility index (Phi) is 6.37. The Balaban J connectivity index is 2.11. The molecule has 0 saturated carbocycles. The first-order chi connectivity index (χ1) is 17.2. The number of fused-ring (bicyclic) bond motifs is 1. The third-order valence-corrected chi connectivity index (χ3v) is 6.84. The molecule has 1 amide bonds. The maximum absolute atomic E-state index is 13.2. The van der Waals surface area contributed by atoms with E-state index < -0.39 is 41.5 Å². The molecule has 0 N–H and O–H groups in total. The van der Waals surface area contributed by atoms with E-state index in [2.05, 4.69) is 4.99 Å². The summed E-state index contributed by atoms with van der Waals surface area (Å²) >= 11 is 0. The lowest BCUT2D eigenvalue weighted by atomic mass is 9.69. The second-order valence-corrected chi connectivity index (χ2v) is 8.36. The Morgan fingerprint density at radius 1 is 1.06 bits per heavy atom. The maximum atomic E-state index is 13.2. The lowest BCUT2D eigenvalue weighted by Crippen LogP contribution is -2.55. The Morgan fingerprint density at radius 2 is 1.75 bits per heavy atom. The van der Waals surface area contributed by atoms with Gasteiger partial charge in [-0.1, -0.05) is 0 Å². The molecule has 1 aromatic carbocycles. The molecule has 3 aliphatic rings. The summed E-state index contributed by atoms with van der Waals surface area (Å²) in [6.45, 7) is 1.66. The molecule has 3 atom stereocenters. The van der Waals surface area contributed by atoms with Crippen LogP contribution in [0.5, 0.6) is 5.75 Å². The van der Waals surface area contributed by atoms with Gasteiger partial charge >= 0.3 is 24.0 Å². The predicted molar refractivity (Wildman–Crippen MR) is 125 cm³/mol. The lowest BCUT2D eigenvalue weighted by molar-refractivity contribution is -0.144. The number of hydrogen-bond donors (Lipinski definition) is 0. The van der Waals surface area contributed by atoms with Crippen LogP contribution in [0, 0.1) is 0 Å². The van der Waals surface area contributed by atoms with Crippen molar-refractivity contribution in [2.75, 3.05) is 47.0 Å². The second-order valence-electron chi connectivity index (χ2n) is 8.36. The maximum Gasteiger partial charge on any atom is 0.416 e. The van der Waals surface area contributed by atoms with E-state index in [4.69, 9.17) is 23.7 Å². The van der Waals surface area contributed by atoms with Crippen LogP contribution in [0.1, 0.15) is 18.9 Å². The highest BCUT2D eigenvalue weighted by Crippen LogP contribution is 2.58. The molecule has 1 fully saturated rings. The van der Waals surface area contributed by atoms with Crippen LogP contribution in [0.15, 0.2) is 34.5 Å². The fraction of sp³-hybridized carbons (Fsp3) is 0.458. The number of methoxy groups -OCH3 is 4. The van der Waals surface area contributed by atoms with Crippen LogP contribution in [0.4, 0.5) is 10.5 Å². The van der Waals surface area contributed by atoms with Gasteiger partial charge in [-0.2, -0.15) is 0 Å². The average Bonchev–Trinajstić information content (AvgIpc) is 3.37. The van der Waals surface area contributed by atoms with E-state index in [1.54, 1.807) is 37.1 Å². The van der Waals surface area contributed by atoms with Crippen LogP contribution in [0.25, 0.3) is 0 Å². The molecule has 12 nitrogen and oxygen atoms in total. The van der Waals surface area contributed by atoms with E-state index in [1.165, 1.54) is 21.3 Å².